The summed E-state index contributed by atoms with van der Waals surface area (Å²) >= 11 is 5.66. The van der Waals surface area contributed by atoms with Crippen LogP contribution in [-0.2, 0) is 6.42 Å². The third-order valence-electron chi connectivity index (χ3n) is 3.43. The lowest BCUT2D eigenvalue weighted by Crippen LogP contribution is -2.38. The van der Waals surface area contributed by atoms with Crippen LogP contribution in [0.25, 0.3) is 0 Å². The summed E-state index contributed by atoms with van der Waals surface area (Å²) in [5.74, 6) is 0.208. The fourth-order valence-corrected chi connectivity index (χ4v) is 2.24. The van der Waals surface area contributed by atoms with Crippen molar-refractivity contribution in [3.8, 4) is 0 Å². The third kappa shape index (κ3) is 3.68. The Morgan fingerprint density at radius 2 is 2.24 bits per heavy atom. The van der Waals surface area contributed by atoms with Crippen LogP contribution in [0, 0.1) is 11.7 Å². The first-order valence-electron chi connectivity index (χ1n) is 6.32. The summed E-state index contributed by atoms with van der Waals surface area (Å²) in [5.41, 5.74) is 1.02. The van der Waals surface area contributed by atoms with E-state index in [0.717, 1.165) is 24.6 Å². The molecule has 0 heterocycles. The van der Waals surface area contributed by atoms with Crippen LogP contribution in [0.15, 0.2) is 18.2 Å². The van der Waals surface area contributed by atoms with Crippen molar-refractivity contribution < 1.29 is 4.39 Å². The molecule has 1 unspecified atom stereocenters. The Hall–Kier alpha value is -0.600. The lowest BCUT2D eigenvalue weighted by atomic mass is 9.92. The molecule has 3 heteroatoms. The highest BCUT2D eigenvalue weighted by molar-refractivity contribution is 6.30. The van der Waals surface area contributed by atoms with Gasteiger partial charge in [0, 0.05) is 6.04 Å². The molecule has 1 aromatic rings. The molecular weight excluding hydrogens is 237 g/mol. The van der Waals surface area contributed by atoms with Crippen molar-refractivity contribution in [2.75, 3.05) is 6.54 Å². The van der Waals surface area contributed by atoms with Crippen LogP contribution in [0.1, 0.15) is 31.7 Å². The van der Waals surface area contributed by atoms with Crippen LogP contribution in [0.3, 0.4) is 0 Å². The Morgan fingerprint density at radius 3 is 2.82 bits per heavy atom. The SMILES string of the molecule is CC(CNC1CCC1)Cc1ccc(Cl)c(F)c1. The summed E-state index contributed by atoms with van der Waals surface area (Å²) < 4.78 is 13.3. The maximum absolute atomic E-state index is 13.3. The number of hydrogen-bond donors (Lipinski definition) is 1. The fourth-order valence-electron chi connectivity index (χ4n) is 2.12. The molecule has 0 aromatic heterocycles. The summed E-state index contributed by atoms with van der Waals surface area (Å²) in [7, 11) is 0. The van der Waals surface area contributed by atoms with Crippen LogP contribution >= 0.6 is 11.6 Å². The first-order valence-corrected chi connectivity index (χ1v) is 6.70. The van der Waals surface area contributed by atoms with E-state index in [0.29, 0.717) is 5.92 Å². The van der Waals surface area contributed by atoms with E-state index >= 15 is 0 Å². The van der Waals surface area contributed by atoms with Crippen molar-refractivity contribution >= 4 is 11.6 Å². The van der Waals surface area contributed by atoms with Gasteiger partial charge in [-0.15, -0.1) is 0 Å². The molecule has 17 heavy (non-hydrogen) atoms. The van der Waals surface area contributed by atoms with Crippen molar-refractivity contribution in [2.45, 2.75) is 38.6 Å². The molecule has 0 saturated heterocycles. The zero-order valence-electron chi connectivity index (χ0n) is 10.2. The molecule has 1 nitrogen and oxygen atoms in total. The quantitative estimate of drug-likeness (QED) is 0.844. The van der Waals surface area contributed by atoms with Gasteiger partial charge in [-0.25, -0.2) is 4.39 Å². The maximum atomic E-state index is 13.3. The molecule has 1 fully saturated rings. The molecule has 1 aromatic carbocycles. The number of benzene rings is 1. The van der Waals surface area contributed by atoms with Crippen molar-refractivity contribution in [2.24, 2.45) is 5.92 Å². The van der Waals surface area contributed by atoms with E-state index < -0.39 is 0 Å². The van der Waals surface area contributed by atoms with Gasteiger partial charge in [0.25, 0.3) is 0 Å². The molecule has 0 spiro atoms. The van der Waals surface area contributed by atoms with E-state index in [-0.39, 0.29) is 10.8 Å². The molecule has 1 aliphatic rings. The zero-order chi connectivity index (χ0) is 12.3. The molecular formula is C14H19ClFN. The van der Waals surface area contributed by atoms with Gasteiger partial charge in [-0.3, -0.25) is 0 Å². The van der Waals surface area contributed by atoms with E-state index in [1.165, 1.54) is 19.3 Å². The second-order valence-electron chi connectivity index (χ2n) is 5.09. The van der Waals surface area contributed by atoms with Gasteiger partial charge in [-0.1, -0.05) is 31.0 Å². The van der Waals surface area contributed by atoms with Gasteiger partial charge in [0.1, 0.15) is 5.82 Å². The maximum Gasteiger partial charge on any atom is 0.142 e. The number of rotatable bonds is 5. The van der Waals surface area contributed by atoms with E-state index in [4.69, 9.17) is 11.6 Å². The standard InChI is InChI=1S/C14H19ClFN/c1-10(9-17-12-3-2-4-12)7-11-5-6-13(15)14(16)8-11/h5-6,8,10,12,17H,2-4,7,9H2,1H3. The minimum Gasteiger partial charge on any atom is -0.314 e. The topological polar surface area (TPSA) is 12.0 Å². The van der Waals surface area contributed by atoms with Crippen molar-refractivity contribution in [3.63, 3.8) is 0 Å². The molecule has 1 saturated carbocycles. The van der Waals surface area contributed by atoms with Crippen LogP contribution in [0.2, 0.25) is 5.02 Å². The Bertz CT molecular complexity index is 376. The Morgan fingerprint density at radius 1 is 1.47 bits per heavy atom. The summed E-state index contributed by atoms with van der Waals surface area (Å²) in [6.07, 6.45) is 4.87. The second-order valence-corrected chi connectivity index (χ2v) is 5.50. The molecule has 0 radical (unpaired) electrons. The summed E-state index contributed by atoms with van der Waals surface area (Å²) in [4.78, 5) is 0. The lowest BCUT2D eigenvalue weighted by Gasteiger charge is -2.28. The van der Waals surface area contributed by atoms with E-state index in [1.807, 2.05) is 6.07 Å². The molecule has 0 amide bonds. The average Bonchev–Trinajstić information content (AvgIpc) is 2.21. The predicted molar refractivity (Wildman–Crippen MR) is 69.9 cm³/mol. The minimum atomic E-state index is -0.316. The monoisotopic (exact) mass is 255 g/mol. The van der Waals surface area contributed by atoms with Crippen LogP contribution < -0.4 is 5.32 Å². The predicted octanol–water partition coefficient (Wildman–Crippen LogP) is 3.80. The van der Waals surface area contributed by atoms with Crippen LogP contribution in [0.5, 0.6) is 0 Å². The normalized spacial score (nSPS) is 17.8. The molecule has 94 valence electrons. The number of halogens is 2. The highest BCUT2D eigenvalue weighted by atomic mass is 35.5. The van der Waals surface area contributed by atoms with Crippen molar-refractivity contribution in [3.05, 3.63) is 34.6 Å². The van der Waals surface area contributed by atoms with E-state index in [1.54, 1.807) is 12.1 Å². The summed E-state index contributed by atoms with van der Waals surface area (Å²) in [6, 6.07) is 5.81. The smallest absolute Gasteiger partial charge is 0.142 e. The van der Waals surface area contributed by atoms with Gasteiger partial charge in [-0.2, -0.15) is 0 Å². The van der Waals surface area contributed by atoms with Gasteiger partial charge in [-0.05, 0) is 49.4 Å². The van der Waals surface area contributed by atoms with E-state index in [9.17, 15) is 4.39 Å². The molecule has 2 rings (SSSR count). The minimum absolute atomic E-state index is 0.203. The average molecular weight is 256 g/mol. The molecule has 1 aliphatic carbocycles. The zero-order valence-corrected chi connectivity index (χ0v) is 10.9. The van der Waals surface area contributed by atoms with Crippen LogP contribution in [0.4, 0.5) is 4.39 Å². The highest BCUT2D eigenvalue weighted by Crippen LogP contribution is 2.20. The second kappa shape index (κ2) is 5.83. The first-order chi connectivity index (χ1) is 8.15. The fraction of sp³-hybridized carbons (Fsp3) is 0.571. The van der Waals surface area contributed by atoms with Crippen molar-refractivity contribution in [1.29, 1.82) is 0 Å². The first kappa shape index (κ1) is 12.8. The van der Waals surface area contributed by atoms with Gasteiger partial charge < -0.3 is 5.32 Å². The Balaban J connectivity index is 1.79. The van der Waals surface area contributed by atoms with Gasteiger partial charge >= 0.3 is 0 Å². The summed E-state index contributed by atoms with van der Waals surface area (Å²) in [6.45, 7) is 3.20. The third-order valence-corrected chi connectivity index (χ3v) is 3.73. The Labute approximate surface area is 107 Å². The highest BCUT2D eigenvalue weighted by Gasteiger charge is 2.17. The number of nitrogens with one attached hydrogen (secondary N) is 1. The van der Waals surface area contributed by atoms with E-state index in [2.05, 4.69) is 12.2 Å². The molecule has 1 N–H and O–H groups in total. The largest absolute Gasteiger partial charge is 0.314 e. The Kier molecular flexibility index (Phi) is 4.41. The van der Waals surface area contributed by atoms with Gasteiger partial charge in [0.2, 0.25) is 0 Å². The van der Waals surface area contributed by atoms with Gasteiger partial charge in [0.05, 0.1) is 5.02 Å². The molecule has 0 aliphatic heterocycles. The van der Waals surface area contributed by atoms with Crippen molar-refractivity contribution in [1.82, 2.24) is 5.32 Å². The van der Waals surface area contributed by atoms with Gasteiger partial charge in [0.15, 0.2) is 0 Å². The molecule has 1 atom stereocenters. The lowest BCUT2D eigenvalue weighted by molar-refractivity contribution is 0.320. The van der Waals surface area contributed by atoms with Crippen LogP contribution in [-0.4, -0.2) is 12.6 Å². The molecule has 0 bridgehead atoms. The summed E-state index contributed by atoms with van der Waals surface area (Å²) in [5, 5.41) is 3.75. The number of hydrogen-bond acceptors (Lipinski definition) is 1.